The maximum Gasteiger partial charge on any atom is 0.152 e. The van der Waals surface area contributed by atoms with Gasteiger partial charge < -0.3 is 9.84 Å². The number of halogens is 1. The van der Waals surface area contributed by atoms with Gasteiger partial charge in [0.25, 0.3) is 0 Å². The zero-order valence-corrected chi connectivity index (χ0v) is 11.5. The van der Waals surface area contributed by atoms with Crippen molar-refractivity contribution in [3.8, 4) is 0 Å². The van der Waals surface area contributed by atoms with E-state index in [1.54, 1.807) is 0 Å². The lowest BCUT2D eigenvalue weighted by atomic mass is 10.2. The standard InChI is InChI=1S/C10H15ClN2O4S/c1-17-5-9-8(4-14)10(11)13(12-9)7-2-3-18(15,16)6-7/h7,14H,2-6H2,1H3. The lowest BCUT2D eigenvalue weighted by molar-refractivity contribution is 0.177. The largest absolute Gasteiger partial charge is 0.391 e. The van der Waals surface area contributed by atoms with Gasteiger partial charge in [-0.2, -0.15) is 5.10 Å². The van der Waals surface area contributed by atoms with Crippen molar-refractivity contribution < 1.29 is 18.3 Å². The van der Waals surface area contributed by atoms with Gasteiger partial charge in [0.2, 0.25) is 0 Å². The summed E-state index contributed by atoms with van der Waals surface area (Å²) in [6.07, 6.45) is 0.501. The quantitative estimate of drug-likeness (QED) is 0.876. The van der Waals surface area contributed by atoms with Crippen molar-refractivity contribution in [2.75, 3.05) is 18.6 Å². The molecular formula is C10H15ClN2O4S. The summed E-state index contributed by atoms with van der Waals surface area (Å²) in [5, 5.41) is 13.8. The first-order valence-corrected chi connectivity index (χ1v) is 7.74. The van der Waals surface area contributed by atoms with Gasteiger partial charge in [0.1, 0.15) is 5.15 Å². The van der Waals surface area contributed by atoms with E-state index in [0.717, 1.165) is 0 Å². The first-order chi connectivity index (χ1) is 8.48. The van der Waals surface area contributed by atoms with Crippen LogP contribution in [0.25, 0.3) is 0 Å². The summed E-state index contributed by atoms with van der Waals surface area (Å²) in [7, 11) is -1.47. The van der Waals surface area contributed by atoms with E-state index >= 15 is 0 Å². The van der Waals surface area contributed by atoms with Crippen LogP contribution in [-0.2, 0) is 27.8 Å². The first-order valence-electron chi connectivity index (χ1n) is 5.54. The molecule has 102 valence electrons. The molecule has 1 aromatic heterocycles. The highest BCUT2D eigenvalue weighted by molar-refractivity contribution is 7.91. The predicted molar refractivity (Wildman–Crippen MR) is 66.2 cm³/mol. The molecule has 1 N–H and O–H groups in total. The number of aromatic nitrogens is 2. The van der Waals surface area contributed by atoms with Crippen LogP contribution in [0.1, 0.15) is 23.7 Å². The lowest BCUT2D eigenvalue weighted by Gasteiger charge is -2.09. The summed E-state index contributed by atoms with van der Waals surface area (Å²) < 4.78 is 29.4. The third-order valence-electron chi connectivity index (χ3n) is 3.02. The maximum atomic E-state index is 11.5. The fraction of sp³-hybridized carbons (Fsp3) is 0.700. The van der Waals surface area contributed by atoms with E-state index in [1.165, 1.54) is 11.8 Å². The van der Waals surface area contributed by atoms with Crippen LogP contribution in [0.2, 0.25) is 5.15 Å². The zero-order valence-electron chi connectivity index (χ0n) is 9.97. The Morgan fingerprint density at radius 3 is 2.83 bits per heavy atom. The third kappa shape index (κ3) is 2.54. The van der Waals surface area contributed by atoms with E-state index in [-0.39, 0.29) is 30.8 Å². The molecule has 0 spiro atoms. The molecule has 0 radical (unpaired) electrons. The van der Waals surface area contributed by atoms with E-state index in [1.807, 2.05) is 0 Å². The average Bonchev–Trinajstić information content (AvgIpc) is 2.80. The third-order valence-corrected chi connectivity index (χ3v) is 5.17. The fourth-order valence-corrected chi connectivity index (χ4v) is 4.15. The Bertz CT molecular complexity index is 540. The van der Waals surface area contributed by atoms with Gasteiger partial charge in [0, 0.05) is 12.7 Å². The molecule has 1 atom stereocenters. The van der Waals surface area contributed by atoms with Crippen molar-refractivity contribution in [2.24, 2.45) is 0 Å². The minimum atomic E-state index is -3.00. The Hall–Kier alpha value is -0.630. The molecule has 1 aliphatic rings. The van der Waals surface area contributed by atoms with E-state index in [2.05, 4.69) is 5.10 Å². The highest BCUT2D eigenvalue weighted by atomic mass is 35.5. The molecule has 1 fully saturated rings. The molecule has 1 unspecified atom stereocenters. The van der Waals surface area contributed by atoms with Gasteiger partial charge in [-0.05, 0) is 6.42 Å². The molecule has 1 aromatic rings. The molecular weight excluding hydrogens is 280 g/mol. The molecule has 1 aliphatic heterocycles. The van der Waals surface area contributed by atoms with Crippen LogP contribution in [-0.4, -0.2) is 41.9 Å². The maximum absolute atomic E-state index is 11.5. The van der Waals surface area contributed by atoms with Crippen molar-refractivity contribution in [1.82, 2.24) is 9.78 Å². The molecule has 8 heteroatoms. The van der Waals surface area contributed by atoms with Crippen molar-refractivity contribution in [3.63, 3.8) is 0 Å². The SMILES string of the molecule is COCc1nn(C2CCS(=O)(=O)C2)c(Cl)c1CO. The second-order valence-electron chi connectivity index (χ2n) is 4.31. The summed E-state index contributed by atoms with van der Waals surface area (Å²) >= 11 is 6.13. The number of aliphatic hydroxyl groups is 1. The topological polar surface area (TPSA) is 81.4 Å². The van der Waals surface area contributed by atoms with Gasteiger partial charge in [-0.15, -0.1) is 0 Å². The monoisotopic (exact) mass is 294 g/mol. The molecule has 2 rings (SSSR count). The summed E-state index contributed by atoms with van der Waals surface area (Å²) in [5.74, 6) is 0.202. The second-order valence-corrected chi connectivity index (χ2v) is 6.90. The Kier molecular flexibility index (Phi) is 3.96. The van der Waals surface area contributed by atoms with Crippen LogP contribution in [0.5, 0.6) is 0 Å². The van der Waals surface area contributed by atoms with Gasteiger partial charge >= 0.3 is 0 Å². The number of aliphatic hydroxyl groups excluding tert-OH is 1. The second kappa shape index (κ2) is 5.16. The molecule has 0 bridgehead atoms. The van der Waals surface area contributed by atoms with E-state index in [0.29, 0.717) is 22.8 Å². The fourth-order valence-electron chi connectivity index (χ4n) is 2.11. The van der Waals surface area contributed by atoms with Gasteiger partial charge in [-0.25, -0.2) is 13.1 Å². The van der Waals surface area contributed by atoms with Crippen molar-refractivity contribution in [3.05, 3.63) is 16.4 Å². The summed E-state index contributed by atoms with van der Waals surface area (Å²) in [6.45, 7) is -0.000913. The summed E-state index contributed by atoms with van der Waals surface area (Å²) in [5.41, 5.74) is 1.05. The van der Waals surface area contributed by atoms with Crippen LogP contribution in [0.4, 0.5) is 0 Å². The van der Waals surface area contributed by atoms with Crippen LogP contribution in [0.15, 0.2) is 0 Å². The van der Waals surface area contributed by atoms with Crippen molar-refractivity contribution in [1.29, 1.82) is 0 Å². The minimum Gasteiger partial charge on any atom is -0.391 e. The molecule has 0 amide bonds. The van der Waals surface area contributed by atoms with E-state index in [9.17, 15) is 13.5 Å². The number of hydrogen-bond acceptors (Lipinski definition) is 5. The number of rotatable bonds is 4. The van der Waals surface area contributed by atoms with E-state index < -0.39 is 9.84 Å². The van der Waals surface area contributed by atoms with Crippen LogP contribution >= 0.6 is 11.6 Å². The first kappa shape index (κ1) is 13.8. The highest BCUT2D eigenvalue weighted by Crippen LogP contribution is 2.30. The normalized spacial score (nSPS) is 22.5. The van der Waals surface area contributed by atoms with Gasteiger partial charge in [-0.1, -0.05) is 11.6 Å². The smallest absolute Gasteiger partial charge is 0.152 e. The molecule has 0 aromatic carbocycles. The Labute approximate surface area is 110 Å². The summed E-state index contributed by atoms with van der Waals surface area (Å²) in [4.78, 5) is 0. The number of methoxy groups -OCH3 is 1. The Balaban J connectivity index is 2.34. The number of ether oxygens (including phenoxy) is 1. The average molecular weight is 295 g/mol. The van der Waals surface area contributed by atoms with Crippen LogP contribution < -0.4 is 0 Å². The number of nitrogens with zero attached hydrogens (tertiary/aromatic N) is 2. The Morgan fingerprint density at radius 2 is 2.33 bits per heavy atom. The van der Waals surface area contributed by atoms with Crippen LogP contribution in [0, 0.1) is 0 Å². The zero-order chi connectivity index (χ0) is 13.3. The molecule has 0 saturated carbocycles. The minimum absolute atomic E-state index is 0.0473. The summed E-state index contributed by atoms with van der Waals surface area (Å²) in [6, 6.07) is -0.251. The van der Waals surface area contributed by atoms with E-state index in [4.69, 9.17) is 16.3 Å². The number of sulfone groups is 1. The molecule has 0 aliphatic carbocycles. The molecule has 18 heavy (non-hydrogen) atoms. The van der Waals surface area contributed by atoms with Gasteiger partial charge in [-0.3, -0.25) is 0 Å². The molecule has 6 nitrogen and oxygen atoms in total. The molecule has 1 saturated heterocycles. The lowest BCUT2D eigenvalue weighted by Crippen LogP contribution is -2.13. The highest BCUT2D eigenvalue weighted by Gasteiger charge is 2.32. The van der Waals surface area contributed by atoms with Crippen molar-refractivity contribution in [2.45, 2.75) is 25.7 Å². The van der Waals surface area contributed by atoms with Crippen molar-refractivity contribution >= 4 is 21.4 Å². The Morgan fingerprint density at radius 1 is 1.61 bits per heavy atom. The molecule has 2 heterocycles. The van der Waals surface area contributed by atoms with Gasteiger partial charge in [0.05, 0.1) is 36.5 Å². The predicted octanol–water partition coefficient (Wildman–Crippen LogP) is 0.535. The number of hydrogen-bond donors (Lipinski definition) is 1. The van der Waals surface area contributed by atoms with Crippen LogP contribution in [0.3, 0.4) is 0 Å². The van der Waals surface area contributed by atoms with Gasteiger partial charge in [0.15, 0.2) is 9.84 Å².